The Morgan fingerprint density at radius 1 is 1.28 bits per heavy atom. The van der Waals surface area contributed by atoms with Gasteiger partial charge in [-0.15, -0.1) is 0 Å². The fraction of sp³-hybridized carbons (Fsp3) is 0.533. The number of benzene rings is 1. The minimum Gasteiger partial charge on any atom is -0.469 e. The van der Waals surface area contributed by atoms with Crippen LogP contribution >= 0.6 is 0 Å². The van der Waals surface area contributed by atoms with Gasteiger partial charge in [0.05, 0.1) is 7.11 Å². The number of nitrogens with one attached hydrogen (secondary N) is 1. The fourth-order valence-electron chi connectivity index (χ4n) is 2.51. The molecule has 0 saturated carbocycles. The molecule has 1 aliphatic carbocycles. The third-order valence-electron chi connectivity index (χ3n) is 3.52. The van der Waals surface area contributed by atoms with Gasteiger partial charge < -0.3 is 10.1 Å². The summed E-state index contributed by atoms with van der Waals surface area (Å²) in [5, 5.41) is 3.57. The summed E-state index contributed by atoms with van der Waals surface area (Å²) in [6.07, 6.45) is 4.73. The monoisotopic (exact) mass is 247 g/mol. The lowest BCUT2D eigenvalue weighted by molar-refractivity contribution is -0.140. The van der Waals surface area contributed by atoms with Crippen LogP contribution in [0.3, 0.4) is 0 Å². The Morgan fingerprint density at radius 3 is 2.56 bits per heavy atom. The van der Waals surface area contributed by atoms with E-state index < -0.39 is 0 Å². The Hall–Kier alpha value is -1.35. The zero-order valence-electron chi connectivity index (χ0n) is 10.9. The first-order valence-corrected chi connectivity index (χ1v) is 6.66. The van der Waals surface area contributed by atoms with Crippen LogP contribution in [0.4, 0.5) is 0 Å². The number of unbranched alkanes of at least 4 members (excludes halogenated alkanes) is 1. The van der Waals surface area contributed by atoms with E-state index in [-0.39, 0.29) is 5.97 Å². The Labute approximate surface area is 109 Å². The SMILES string of the molecule is COC(=O)CCCCNC1Cc2ccccc2C1. The predicted octanol–water partition coefficient (Wildman–Crippen LogP) is 2.09. The molecular weight excluding hydrogens is 226 g/mol. The summed E-state index contributed by atoms with van der Waals surface area (Å²) in [6, 6.07) is 9.22. The van der Waals surface area contributed by atoms with Crippen molar-refractivity contribution in [1.82, 2.24) is 5.32 Å². The van der Waals surface area contributed by atoms with Crippen LogP contribution in [0.15, 0.2) is 24.3 Å². The Balaban J connectivity index is 1.61. The van der Waals surface area contributed by atoms with Crippen LogP contribution in [0.2, 0.25) is 0 Å². The summed E-state index contributed by atoms with van der Waals surface area (Å²) in [4.78, 5) is 10.9. The molecule has 0 aliphatic heterocycles. The van der Waals surface area contributed by atoms with Crippen LogP contribution in [0.25, 0.3) is 0 Å². The summed E-state index contributed by atoms with van der Waals surface area (Å²) in [6.45, 7) is 0.982. The highest BCUT2D eigenvalue weighted by Crippen LogP contribution is 2.21. The third kappa shape index (κ3) is 3.57. The van der Waals surface area contributed by atoms with E-state index in [1.165, 1.54) is 18.2 Å². The summed E-state index contributed by atoms with van der Waals surface area (Å²) in [7, 11) is 1.44. The number of ether oxygens (including phenoxy) is 1. The van der Waals surface area contributed by atoms with Crippen LogP contribution < -0.4 is 5.32 Å². The molecule has 0 heterocycles. The number of rotatable bonds is 6. The van der Waals surface area contributed by atoms with Crippen molar-refractivity contribution >= 4 is 5.97 Å². The van der Waals surface area contributed by atoms with E-state index in [9.17, 15) is 4.79 Å². The molecular formula is C15H21NO2. The van der Waals surface area contributed by atoms with Gasteiger partial charge in [-0.2, -0.15) is 0 Å². The smallest absolute Gasteiger partial charge is 0.305 e. The maximum atomic E-state index is 10.9. The predicted molar refractivity (Wildman–Crippen MR) is 71.5 cm³/mol. The topological polar surface area (TPSA) is 38.3 Å². The van der Waals surface area contributed by atoms with E-state index in [0.717, 1.165) is 32.2 Å². The molecule has 2 rings (SSSR count). The average Bonchev–Trinajstić information content (AvgIpc) is 2.80. The molecule has 0 bridgehead atoms. The molecule has 1 aromatic carbocycles. The molecule has 1 aromatic rings. The van der Waals surface area contributed by atoms with Crippen molar-refractivity contribution in [3.05, 3.63) is 35.4 Å². The molecule has 18 heavy (non-hydrogen) atoms. The van der Waals surface area contributed by atoms with Gasteiger partial charge in [0, 0.05) is 12.5 Å². The van der Waals surface area contributed by atoms with Gasteiger partial charge in [-0.1, -0.05) is 24.3 Å². The second kappa shape index (κ2) is 6.55. The lowest BCUT2D eigenvalue weighted by Crippen LogP contribution is -2.30. The summed E-state index contributed by atoms with van der Waals surface area (Å²) >= 11 is 0. The number of esters is 1. The molecule has 3 nitrogen and oxygen atoms in total. The molecule has 0 amide bonds. The van der Waals surface area contributed by atoms with Gasteiger partial charge in [-0.3, -0.25) is 4.79 Å². The molecule has 1 N–H and O–H groups in total. The standard InChI is InChI=1S/C15H21NO2/c1-18-15(17)8-4-5-9-16-14-10-12-6-2-3-7-13(12)11-14/h2-3,6-7,14,16H,4-5,8-11H2,1H3. The highest BCUT2D eigenvalue weighted by atomic mass is 16.5. The van der Waals surface area contributed by atoms with Crippen molar-refractivity contribution in [2.45, 2.75) is 38.1 Å². The molecule has 0 atom stereocenters. The van der Waals surface area contributed by atoms with Gasteiger partial charge in [-0.05, 0) is 43.4 Å². The molecule has 3 heteroatoms. The molecule has 0 aromatic heterocycles. The zero-order chi connectivity index (χ0) is 12.8. The van der Waals surface area contributed by atoms with Gasteiger partial charge >= 0.3 is 5.97 Å². The van der Waals surface area contributed by atoms with Crippen LogP contribution in [-0.2, 0) is 22.4 Å². The van der Waals surface area contributed by atoms with Crippen LogP contribution in [-0.4, -0.2) is 25.7 Å². The number of methoxy groups -OCH3 is 1. The Morgan fingerprint density at radius 2 is 1.94 bits per heavy atom. The van der Waals surface area contributed by atoms with E-state index in [1.54, 1.807) is 0 Å². The van der Waals surface area contributed by atoms with Crippen molar-refractivity contribution in [1.29, 1.82) is 0 Å². The van der Waals surface area contributed by atoms with Gasteiger partial charge in [0.1, 0.15) is 0 Å². The average molecular weight is 247 g/mol. The molecule has 0 unspecified atom stereocenters. The van der Waals surface area contributed by atoms with E-state index in [2.05, 4.69) is 34.3 Å². The molecule has 0 radical (unpaired) electrons. The van der Waals surface area contributed by atoms with Crippen LogP contribution in [0.1, 0.15) is 30.4 Å². The van der Waals surface area contributed by atoms with Crippen LogP contribution in [0, 0.1) is 0 Å². The lowest BCUT2D eigenvalue weighted by Gasteiger charge is -2.11. The third-order valence-corrected chi connectivity index (χ3v) is 3.52. The lowest BCUT2D eigenvalue weighted by atomic mass is 10.1. The first-order valence-electron chi connectivity index (χ1n) is 6.66. The highest BCUT2D eigenvalue weighted by Gasteiger charge is 2.19. The summed E-state index contributed by atoms with van der Waals surface area (Å²) in [5.41, 5.74) is 2.95. The van der Waals surface area contributed by atoms with Crippen molar-refractivity contribution in [3.8, 4) is 0 Å². The van der Waals surface area contributed by atoms with Crippen molar-refractivity contribution in [3.63, 3.8) is 0 Å². The molecule has 0 fully saturated rings. The first-order chi connectivity index (χ1) is 8.79. The normalized spacial score (nSPS) is 14.5. The van der Waals surface area contributed by atoms with Gasteiger partial charge in [0.2, 0.25) is 0 Å². The van der Waals surface area contributed by atoms with Crippen molar-refractivity contribution in [2.24, 2.45) is 0 Å². The second-order valence-electron chi connectivity index (χ2n) is 4.86. The molecule has 1 aliphatic rings. The van der Waals surface area contributed by atoms with Gasteiger partial charge in [0.15, 0.2) is 0 Å². The minimum atomic E-state index is -0.108. The van der Waals surface area contributed by atoms with E-state index >= 15 is 0 Å². The first kappa shape index (κ1) is 13.1. The van der Waals surface area contributed by atoms with Crippen molar-refractivity contribution < 1.29 is 9.53 Å². The minimum absolute atomic E-state index is 0.108. The molecule has 98 valence electrons. The maximum Gasteiger partial charge on any atom is 0.305 e. The van der Waals surface area contributed by atoms with Crippen LogP contribution in [0.5, 0.6) is 0 Å². The van der Waals surface area contributed by atoms with Crippen molar-refractivity contribution in [2.75, 3.05) is 13.7 Å². The summed E-state index contributed by atoms with van der Waals surface area (Å²) in [5.74, 6) is -0.108. The van der Waals surface area contributed by atoms with E-state index in [0.29, 0.717) is 12.5 Å². The number of hydrogen-bond donors (Lipinski definition) is 1. The molecule has 0 saturated heterocycles. The number of carbonyl (C=O) groups excluding carboxylic acids is 1. The molecule has 0 spiro atoms. The largest absolute Gasteiger partial charge is 0.469 e. The maximum absolute atomic E-state index is 10.9. The Kier molecular flexibility index (Phi) is 4.76. The fourth-order valence-corrected chi connectivity index (χ4v) is 2.51. The number of fused-ring (bicyclic) bond motifs is 1. The van der Waals surface area contributed by atoms with E-state index in [4.69, 9.17) is 0 Å². The highest BCUT2D eigenvalue weighted by molar-refractivity contribution is 5.68. The summed E-state index contributed by atoms with van der Waals surface area (Å²) < 4.78 is 4.61. The second-order valence-corrected chi connectivity index (χ2v) is 4.86. The zero-order valence-corrected chi connectivity index (χ0v) is 10.9. The van der Waals surface area contributed by atoms with Gasteiger partial charge in [0.25, 0.3) is 0 Å². The van der Waals surface area contributed by atoms with E-state index in [1.807, 2.05) is 0 Å². The number of hydrogen-bond acceptors (Lipinski definition) is 3. The number of carbonyl (C=O) groups is 1. The van der Waals surface area contributed by atoms with Gasteiger partial charge in [-0.25, -0.2) is 0 Å². The quantitative estimate of drug-likeness (QED) is 0.618. The Bertz CT molecular complexity index is 378.